The molecule has 108 valence electrons. The number of hydrogen-bond acceptors (Lipinski definition) is 4. The summed E-state index contributed by atoms with van der Waals surface area (Å²) in [5, 5.41) is 9.92. The highest BCUT2D eigenvalue weighted by molar-refractivity contribution is 7.89. The minimum absolute atomic E-state index is 0.180. The van der Waals surface area contributed by atoms with Crippen LogP contribution in [0.1, 0.15) is 26.7 Å². The highest BCUT2D eigenvalue weighted by Gasteiger charge is 2.33. The van der Waals surface area contributed by atoms with Crippen molar-refractivity contribution in [1.29, 1.82) is 0 Å². The van der Waals surface area contributed by atoms with E-state index in [1.807, 2.05) is 0 Å². The third-order valence-electron chi connectivity index (χ3n) is 3.62. The second-order valence-electron chi connectivity index (χ2n) is 5.11. The van der Waals surface area contributed by atoms with E-state index in [0.29, 0.717) is 25.0 Å². The number of rotatable bonds is 5. The largest absolute Gasteiger partial charge is 0.314 e. The van der Waals surface area contributed by atoms with E-state index in [0.717, 1.165) is 19.4 Å². The molecular weight excluding hydrogens is 264 g/mol. The Labute approximate surface area is 114 Å². The van der Waals surface area contributed by atoms with E-state index in [1.165, 1.54) is 12.3 Å². The van der Waals surface area contributed by atoms with Gasteiger partial charge in [-0.1, -0.05) is 13.8 Å². The molecule has 0 radical (unpaired) electrons. The molecule has 2 unspecified atom stereocenters. The van der Waals surface area contributed by atoms with Gasteiger partial charge in [0.2, 0.25) is 0 Å². The topological polar surface area (TPSA) is 78.1 Å². The van der Waals surface area contributed by atoms with Crippen molar-refractivity contribution in [3.8, 4) is 0 Å². The fourth-order valence-electron chi connectivity index (χ4n) is 2.48. The smallest absolute Gasteiger partial charge is 0.259 e. The SMILES string of the molecule is CCCNC1CCN(S(=O)(=O)c2ccn[nH]2)CC1C. The van der Waals surface area contributed by atoms with Crippen LogP contribution in [0.3, 0.4) is 0 Å². The van der Waals surface area contributed by atoms with Gasteiger partial charge in [0, 0.05) is 19.1 Å². The van der Waals surface area contributed by atoms with E-state index in [9.17, 15) is 8.42 Å². The highest BCUT2D eigenvalue weighted by Crippen LogP contribution is 2.22. The molecule has 2 N–H and O–H groups in total. The van der Waals surface area contributed by atoms with Gasteiger partial charge in [0.25, 0.3) is 10.0 Å². The van der Waals surface area contributed by atoms with Gasteiger partial charge in [-0.3, -0.25) is 5.10 Å². The zero-order valence-corrected chi connectivity index (χ0v) is 12.3. The van der Waals surface area contributed by atoms with Crippen molar-refractivity contribution in [3.63, 3.8) is 0 Å². The molecule has 1 saturated heterocycles. The van der Waals surface area contributed by atoms with Crippen LogP contribution < -0.4 is 5.32 Å². The van der Waals surface area contributed by atoms with Crippen molar-refractivity contribution in [3.05, 3.63) is 12.3 Å². The Morgan fingerprint density at radius 3 is 2.95 bits per heavy atom. The van der Waals surface area contributed by atoms with Crippen LogP contribution in [0.25, 0.3) is 0 Å². The molecule has 1 aliphatic heterocycles. The Bertz CT molecular complexity index is 486. The predicted molar refractivity (Wildman–Crippen MR) is 73.2 cm³/mol. The Morgan fingerprint density at radius 1 is 1.58 bits per heavy atom. The Kier molecular flexibility index (Phi) is 4.59. The minimum atomic E-state index is -3.41. The standard InChI is InChI=1S/C12H22N4O2S/c1-3-6-13-11-5-8-16(9-10(11)2)19(17,18)12-4-7-14-15-12/h4,7,10-11,13H,3,5-6,8-9H2,1-2H3,(H,14,15). The molecular formula is C12H22N4O2S. The molecule has 0 aliphatic carbocycles. The maximum atomic E-state index is 12.3. The number of sulfonamides is 1. The molecule has 0 saturated carbocycles. The first-order valence-corrected chi connectivity index (χ1v) is 8.22. The summed E-state index contributed by atoms with van der Waals surface area (Å²) in [6.45, 7) is 6.34. The first-order chi connectivity index (χ1) is 9.05. The summed E-state index contributed by atoms with van der Waals surface area (Å²) in [6, 6.07) is 1.91. The summed E-state index contributed by atoms with van der Waals surface area (Å²) >= 11 is 0. The highest BCUT2D eigenvalue weighted by atomic mass is 32.2. The molecule has 7 heteroatoms. The number of aromatic amines is 1. The molecule has 0 bridgehead atoms. The molecule has 1 aliphatic rings. The van der Waals surface area contributed by atoms with Gasteiger partial charge in [0.05, 0.1) is 6.20 Å². The molecule has 19 heavy (non-hydrogen) atoms. The van der Waals surface area contributed by atoms with Crippen molar-refractivity contribution >= 4 is 10.0 Å². The van der Waals surface area contributed by atoms with Crippen molar-refractivity contribution < 1.29 is 8.42 Å². The Hall–Kier alpha value is -0.920. The number of nitrogens with zero attached hydrogens (tertiary/aromatic N) is 2. The molecule has 6 nitrogen and oxygen atoms in total. The zero-order valence-electron chi connectivity index (χ0n) is 11.5. The third kappa shape index (κ3) is 3.16. The maximum Gasteiger partial charge on any atom is 0.259 e. The van der Waals surface area contributed by atoms with Crippen LogP contribution in [0.2, 0.25) is 0 Å². The lowest BCUT2D eigenvalue weighted by Gasteiger charge is -2.36. The second kappa shape index (κ2) is 6.02. The maximum absolute atomic E-state index is 12.3. The molecule has 1 aromatic heterocycles. The quantitative estimate of drug-likeness (QED) is 0.839. The fraction of sp³-hybridized carbons (Fsp3) is 0.750. The third-order valence-corrected chi connectivity index (χ3v) is 5.41. The van der Waals surface area contributed by atoms with E-state index in [2.05, 4.69) is 29.4 Å². The molecule has 0 aromatic carbocycles. The van der Waals surface area contributed by atoms with E-state index >= 15 is 0 Å². The average Bonchev–Trinajstić information content (AvgIpc) is 2.91. The molecule has 0 amide bonds. The second-order valence-corrected chi connectivity index (χ2v) is 7.02. The Balaban J connectivity index is 2.02. The minimum Gasteiger partial charge on any atom is -0.314 e. The van der Waals surface area contributed by atoms with E-state index < -0.39 is 10.0 Å². The van der Waals surface area contributed by atoms with Gasteiger partial charge in [-0.2, -0.15) is 9.40 Å². The van der Waals surface area contributed by atoms with Crippen LogP contribution in [-0.2, 0) is 10.0 Å². The van der Waals surface area contributed by atoms with Crippen LogP contribution in [-0.4, -0.2) is 48.6 Å². The lowest BCUT2D eigenvalue weighted by atomic mass is 9.95. The summed E-state index contributed by atoms with van der Waals surface area (Å²) < 4.78 is 26.2. The summed E-state index contributed by atoms with van der Waals surface area (Å²) in [5.41, 5.74) is 0. The van der Waals surface area contributed by atoms with Crippen LogP contribution in [0.4, 0.5) is 0 Å². The summed E-state index contributed by atoms with van der Waals surface area (Å²) in [5.74, 6) is 0.318. The van der Waals surface area contributed by atoms with Gasteiger partial charge < -0.3 is 5.32 Å². The summed E-state index contributed by atoms with van der Waals surface area (Å²) in [4.78, 5) is 0. The van der Waals surface area contributed by atoms with Crippen molar-refractivity contribution in [2.75, 3.05) is 19.6 Å². The van der Waals surface area contributed by atoms with Gasteiger partial charge in [0.15, 0.2) is 5.03 Å². The van der Waals surface area contributed by atoms with Gasteiger partial charge in [0.1, 0.15) is 0 Å². The monoisotopic (exact) mass is 286 g/mol. The lowest BCUT2D eigenvalue weighted by molar-refractivity contribution is 0.220. The molecule has 1 aromatic rings. The summed E-state index contributed by atoms with van der Waals surface area (Å²) in [7, 11) is -3.41. The zero-order chi connectivity index (χ0) is 13.9. The lowest BCUT2D eigenvalue weighted by Crippen LogP contribution is -2.50. The average molecular weight is 286 g/mol. The molecule has 2 rings (SSSR count). The number of hydrogen-bond donors (Lipinski definition) is 2. The van der Waals surface area contributed by atoms with Gasteiger partial charge in [-0.05, 0) is 31.4 Å². The molecule has 1 fully saturated rings. The van der Waals surface area contributed by atoms with E-state index in [1.54, 1.807) is 4.31 Å². The van der Waals surface area contributed by atoms with Crippen LogP contribution >= 0.6 is 0 Å². The van der Waals surface area contributed by atoms with Gasteiger partial charge in [-0.25, -0.2) is 8.42 Å². The number of aromatic nitrogens is 2. The van der Waals surface area contributed by atoms with Crippen LogP contribution in [0.5, 0.6) is 0 Å². The van der Waals surface area contributed by atoms with E-state index in [4.69, 9.17) is 0 Å². The van der Waals surface area contributed by atoms with Crippen molar-refractivity contribution in [1.82, 2.24) is 19.8 Å². The first-order valence-electron chi connectivity index (χ1n) is 6.78. The Morgan fingerprint density at radius 2 is 2.37 bits per heavy atom. The number of nitrogens with one attached hydrogen (secondary N) is 2. The first kappa shape index (κ1) is 14.5. The van der Waals surface area contributed by atoms with Crippen LogP contribution in [0, 0.1) is 5.92 Å². The van der Waals surface area contributed by atoms with Crippen molar-refractivity contribution in [2.24, 2.45) is 5.92 Å². The van der Waals surface area contributed by atoms with Gasteiger partial charge in [-0.15, -0.1) is 0 Å². The number of H-pyrrole nitrogens is 1. The van der Waals surface area contributed by atoms with Crippen molar-refractivity contribution in [2.45, 2.75) is 37.8 Å². The molecule has 0 spiro atoms. The summed E-state index contributed by atoms with van der Waals surface area (Å²) in [6.07, 6.45) is 3.42. The fourth-order valence-corrected chi connectivity index (χ4v) is 3.94. The normalized spacial score (nSPS) is 25.6. The van der Waals surface area contributed by atoms with Crippen LogP contribution in [0.15, 0.2) is 17.3 Å². The molecule has 2 heterocycles. The number of piperidine rings is 1. The van der Waals surface area contributed by atoms with Gasteiger partial charge >= 0.3 is 0 Å². The predicted octanol–water partition coefficient (Wildman–Crippen LogP) is 0.808. The molecule has 2 atom stereocenters. The van der Waals surface area contributed by atoms with E-state index in [-0.39, 0.29) is 5.03 Å².